The van der Waals surface area contributed by atoms with E-state index in [1.165, 1.54) is 24.3 Å². The first-order chi connectivity index (χ1) is 15.1. The number of carboxylic acid groups (broad SMARTS) is 1. The number of carboxylic acids is 1. The van der Waals surface area contributed by atoms with Crippen molar-refractivity contribution in [3.63, 3.8) is 0 Å². The van der Waals surface area contributed by atoms with Gasteiger partial charge in [0.15, 0.2) is 0 Å². The predicted molar refractivity (Wildman–Crippen MR) is 107 cm³/mol. The van der Waals surface area contributed by atoms with E-state index in [1.807, 2.05) is 0 Å². The maximum absolute atomic E-state index is 14.3. The van der Waals surface area contributed by atoms with E-state index in [-0.39, 0.29) is 11.6 Å². The summed E-state index contributed by atoms with van der Waals surface area (Å²) in [7, 11) is 0. The molecule has 1 saturated carbocycles. The fourth-order valence-electron chi connectivity index (χ4n) is 4.42. The number of benzene rings is 1. The fourth-order valence-corrected chi connectivity index (χ4v) is 4.54. The minimum atomic E-state index is -5.15. The van der Waals surface area contributed by atoms with Crippen LogP contribution in [-0.2, 0) is 4.79 Å². The van der Waals surface area contributed by atoms with Crippen LogP contribution in [0.3, 0.4) is 0 Å². The molecule has 0 aliphatic heterocycles. The summed E-state index contributed by atoms with van der Waals surface area (Å²) in [6.45, 7) is 2.32. The molecule has 3 unspecified atom stereocenters. The Morgan fingerprint density at radius 2 is 1.70 bits per heavy atom. The number of carbonyl (C=O) groups is 1. The number of hydrogen-bond acceptors (Lipinski definition) is 3. The molecule has 33 heavy (non-hydrogen) atoms. The van der Waals surface area contributed by atoms with Crippen LogP contribution in [0, 0.1) is 16.7 Å². The summed E-state index contributed by atoms with van der Waals surface area (Å²) in [6, 6.07) is 11.5. The molecule has 3 atom stereocenters. The number of hydrogen-bond donors (Lipinski definition) is 1. The van der Waals surface area contributed by atoms with E-state index < -0.39 is 51.7 Å². The summed E-state index contributed by atoms with van der Waals surface area (Å²) in [5.74, 6) is -6.24. The molecule has 11 heteroatoms. The fraction of sp³-hybridized carbons (Fsp3) is 0.364. The van der Waals surface area contributed by atoms with Gasteiger partial charge >= 0.3 is 18.3 Å². The lowest BCUT2D eigenvalue weighted by Crippen LogP contribution is -2.39. The molecule has 2 aromatic rings. The molecular weight excluding hydrogens is 476 g/mol. The lowest BCUT2D eigenvalue weighted by atomic mass is 9.79. The average molecular weight is 494 g/mol. The normalized spacial score (nSPS) is 23.7. The number of halogens is 7. The molecule has 1 fully saturated rings. The summed E-state index contributed by atoms with van der Waals surface area (Å²) in [6.07, 6.45) is -9.83. The van der Waals surface area contributed by atoms with Gasteiger partial charge in [-0.2, -0.15) is 26.3 Å². The van der Waals surface area contributed by atoms with Crippen molar-refractivity contribution in [2.75, 3.05) is 0 Å². The minimum absolute atomic E-state index is 0.229. The maximum atomic E-state index is 14.3. The topological polar surface area (TPSA) is 59.4 Å². The van der Waals surface area contributed by atoms with Crippen LogP contribution >= 0.6 is 11.6 Å². The molecule has 1 aromatic carbocycles. The molecule has 4 nitrogen and oxygen atoms in total. The smallest absolute Gasteiger partial charge is 0.426 e. The highest BCUT2D eigenvalue weighted by atomic mass is 35.5. The van der Waals surface area contributed by atoms with Gasteiger partial charge in [0.2, 0.25) is 5.88 Å². The lowest BCUT2D eigenvalue weighted by molar-refractivity contribution is -0.184. The van der Waals surface area contributed by atoms with Crippen LogP contribution in [0.15, 0.2) is 59.6 Å². The predicted octanol–water partition coefficient (Wildman–Crippen LogP) is 6.93. The molecule has 0 amide bonds. The third kappa shape index (κ3) is 4.40. The van der Waals surface area contributed by atoms with E-state index in [1.54, 1.807) is 18.2 Å². The molecule has 1 aliphatic rings. The molecule has 0 spiro atoms. The lowest BCUT2D eigenvalue weighted by Gasteiger charge is -2.29. The van der Waals surface area contributed by atoms with Gasteiger partial charge in [-0.05, 0) is 23.6 Å². The zero-order chi connectivity index (χ0) is 24.8. The first kappa shape index (κ1) is 24.9. The highest BCUT2D eigenvalue weighted by molar-refractivity contribution is 6.30. The van der Waals surface area contributed by atoms with E-state index in [4.69, 9.17) is 16.3 Å². The Bertz CT molecular complexity index is 1070. The summed E-state index contributed by atoms with van der Waals surface area (Å²) >= 11 is 5.26. The first-order valence-corrected chi connectivity index (χ1v) is 9.95. The van der Waals surface area contributed by atoms with Crippen LogP contribution in [0.2, 0.25) is 0 Å². The van der Waals surface area contributed by atoms with Gasteiger partial charge in [0, 0.05) is 12.0 Å². The van der Waals surface area contributed by atoms with Crippen LogP contribution in [0.5, 0.6) is 11.6 Å². The van der Waals surface area contributed by atoms with Gasteiger partial charge in [0.1, 0.15) is 16.7 Å². The second kappa shape index (κ2) is 8.23. The second-order valence-electron chi connectivity index (χ2n) is 8.18. The molecule has 0 saturated heterocycles. The van der Waals surface area contributed by atoms with E-state index in [9.17, 15) is 36.2 Å². The van der Waals surface area contributed by atoms with Crippen LogP contribution in [0.25, 0.3) is 0 Å². The van der Waals surface area contributed by atoms with Gasteiger partial charge in [-0.25, -0.2) is 4.98 Å². The number of aliphatic carboxylic acids is 1. The molecule has 178 valence electrons. The van der Waals surface area contributed by atoms with Crippen molar-refractivity contribution in [1.82, 2.24) is 4.98 Å². The summed E-state index contributed by atoms with van der Waals surface area (Å²) in [4.78, 5) is 16.1. The number of nitrogens with zero attached hydrogens (tertiary/aromatic N) is 1. The monoisotopic (exact) mass is 493 g/mol. The van der Waals surface area contributed by atoms with Crippen LogP contribution in [0.1, 0.15) is 25.5 Å². The van der Waals surface area contributed by atoms with Crippen LogP contribution in [0.4, 0.5) is 26.3 Å². The van der Waals surface area contributed by atoms with Crippen molar-refractivity contribution in [2.24, 2.45) is 16.7 Å². The quantitative estimate of drug-likeness (QED) is 0.443. The highest BCUT2D eigenvalue weighted by Crippen LogP contribution is 2.77. The van der Waals surface area contributed by atoms with E-state index in [0.29, 0.717) is 6.08 Å². The molecule has 1 N–H and O–H groups in total. The standard InChI is InChI=1S/C22H18ClF6NO3/c1-19(2)14(11-15(23)21(24,25)26)20(19,18(31)32)17(22(27,28)29)13-9-6-10-16(30-13)33-12-7-4-3-5-8-12/h3-11,14,17H,1-2H3,(H,31,32)/b15-11+. The SMILES string of the molecule is CC1(C)C(/C=C(/Cl)C(F)(F)F)C1(C(=O)O)C(c1cccc(Oc2ccccc2)n1)C(F)(F)F. The zero-order valence-corrected chi connectivity index (χ0v) is 18.0. The molecule has 1 aromatic heterocycles. The third-order valence-corrected chi connectivity index (χ3v) is 6.32. The molecule has 3 rings (SSSR count). The van der Waals surface area contributed by atoms with E-state index >= 15 is 0 Å². The Balaban J connectivity index is 2.12. The van der Waals surface area contributed by atoms with Crippen LogP contribution < -0.4 is 4.74 Å². The van der Waals surface area contributed by atoms with Crippen molar-refractivity contribution >= 4 is 17.6 Å². The van der Waals surface area contributed by atoms with Crippen molar-refractivity contribution in [3.8, 4) is 11.6 Å². The molecule has 1 heterocycles. The number of pyridine rings is 1. The molecule has 1 aliphatic carbocycles. The minimum Gasteiger partial charge on any atom is -0.481 e. The van der Waals surface area contributed by atoms with E-state index in [2.05, 4.69) is 4.98 Å². The first-order valence-electron chi connectivity index (χ1n) is 9.58. The Morgan fingerprint density at radius 1 is 1.09 bits per heavy atom. The number of aromatic nitrogens is 1. The number of allylic oxidation sites excluding steroid dienone is 2. The largest absolute Gasteiger partial charge is 0.481 e. The van der Waals surface area contributed by atoms with Crippen molar-refractivity contribution in [2.45, 2.75) is 32.1 Å². The Morgan fingerprint density at radius 3 is 2.21 bits per heavy atom. The molecule has 0 bridgehead atoms. The van der Waals surface area contributed by atoms with Gasteiger partial charge < -0.3 is 9.84 Å². The molecule has 0 radical (unpaired) electrons. The van der Waals surface area contributed by atoms with Crippen molar-refractivity contribution in [3.05, 3.63) is 65.3 Å². The number of para-hydroxylation sites is 1. The third-order valence-electron chi connectivity index (χ3n) is 5.98. The second-order valence-corrected chi connectivity index (χ2v) is 8.58. The summed E-state index contributed by atoms with van der Waals surface area (Å²) < 4.78 is 87.3. The molecular formula is C22H18ClF6NO3. The Hall–Kier alpha value is -2.75. The van der Waals surface area contributed by atoms with Crippen molar-refractivity contribution in [1.29, 1.82) is 0 Å². The van der Waals surface area contributed by atoms with Gasteiger partial charge in [0.05, 0.1) is 11.1 Å². The number of alkyl halides is 6. The van der Waals surface area contributed by atoms with Gasteiger partial charge in [0.25, 0.3) is 0 Å². The summed E-state index contributed by atoms with van der Waals surface area (Å²) in [5, 5.41) is 8.23. The van der Waals surface area contributed by atoms with Crippen molar-refractivity contribution < 1.29 is 41.0 Å². The van der Waals surface area contributed by atoms with Gasteiger partial charge in [-0.15, -0.1) is 0 Å². The maximum Gasteiger partial charge on any atom is 0.426 e. The van der Waals surface area contributed by atoms with Gasteiger partial charge in [-0.1, -0.05) is 55.8 Å². The zero-order valence-electron chi connectivity index (χ0n) is 17.2. The van der Waals surface area contributed by atoms with Gasteiger partial charge in [-0.3, -0.25) is 4.79 Å². The van der Waals surface area contributed by atoms with Crippen LogP contribution in [-0.4, -0.2) is 28.4 Å². The Kier molecular flexibility index (Phi) is 6.21. The number of ether oxygens (including phenoxy) is 1. The number of rotatable bonds is 6. The average Bonchev–Trinajstić information content (AvgIpc) is 3.16. The highest BCUT2D eigenvalue weighted by Gasteiger charge is 2.82. The van der Waals surface area contributed by atoms with E-state index in [0.717, 1.165) is 19.9 Å². The summed E-state index contributed by atoms with van der Waals surface area (Å²) in [5.41, 5.74) is -5.08. The Labute approximate surface area is 189 Å².